The molecule has 0 aliphatic heterocycles. The van der Waals surface area contributed by atoms with Crippen molar-refractivity contribution in [2.45, 2.75) is 13.3 Å². The average molecular weight is 363 g/mol. The highest BCUT2D eigenvalue weighted by Gasteiger charge is 2.20. The zero-order valence-electron chi connectivity index (χ0n) is 13.1. The van der Waals surface area contributed by atoms with E-state index in [2.05, 4.69) is 6.07 Å². The van der Waals surface area contributed by atoms with Crippen LogP contribution in [0.3, 0.4) is 0 Å². The van der Waals surface area contributed by atoms with Crippen LogP contribution in [0.15, 0.2) is 42.5 Å². The SMILES string of the molecule is CCOc1ccc(N(CCC#N)C(=O)c2cc(Cl)ccc2Cl)cc1. The van der Waals surface area contributed by atoms with Gasteiger partial charge in [0.25, 0.3) is 5.91 Å². The van der Waals surface area contributed by atoms with E-state index in [-0.39, 0.29) is 18.9 Å². The monoisotopic (exact) mass is 362 g/mol. The molecule has 2 aromatic rings. The Morgan fingerprint density at radius 1 is 1.21 bits per heavy atom. The fourth-order valence-electron chi connectivity index (χ4n) is 2.21. The molecular formula is C18H16Cl2N2O2. The van der Waals surface area contributed by atoms with Crippen LogP contribution in [0.1, 0.15) is 23.7 Å². The van der Waals surface area contributed by atoms with Crippen molar-refractivity contribution < 1.29 is 9.53 Å². The van der Waals surface area contributed by atoms with Crippen molar-refractivity contribution in [2.75, 3.05) is 18.1 Å². The average Bonchev–Trinajstić information content (AvgIpc) is 2.59. The Morgan fingerprint density at radius 2 is 1.92 bits per heavy atom. The lowest BCUT2D eigenvalue weighted by atomic mass is 10.1. The van der Waals surface area contributed by atoms with E-state index in [1.807, 2.05) is 6.92 Å². The number of halogens is 2. The summed E-state index contributed by atoms with van der Waals surface area (Å²) >= 11 is 12.1. The van der Waals surface area contributed by atoms with Gasteiger partial charge in [-0.05, 0) is 49.4 Å². The smallest absolute Gasteiger partial charge is 0.259 e. The molecule has 4 nitrogen and oxygen atoms in total. The second-order valence-electron chi connectivity index (χ2n) is 4.92. The van der Waals surface area contributed by atoms with Crippen molar-refractivity contribution in [3.05, 3.63) is 58.1 Å². The summed E-state index contributed by atoms with van der Waals surface area (Å²) in [5.41, 5.74) is 0.964. The van der Waals surface area contributed by atoms with Crippen LogP contribution in [0.4, 0.5) is 5.69 Å². The molecule has 0 aliphatic rings. The summed E-state index contributed by atoms with van der Waals surface area (Å²) in [5.74, 6) is 0.414. The third-order valence-electron chi connectivity index (χ3n) is 3.31. The van der Waals surface area contributed by atoms with Crippen LogP contribution in [-0.2, 0) is 0 Å². The standard InChI is InChI=1S/C18H16Cl2N2O2/c1-2-24-15-7-5-14(6-8-15)22(11-3-10-21)18(23)16-12-13(19)4-9-17(16)20/h4-9,12H,2-3,11H2,1H3. The molecule has 0 N–H and O–H groups in total. The van der Waals surface area contributed by atoms with E-state index in [1.54, 1.807) is 36.4 Å². The van der Waals surface area contributed by atoms with Crippen LogP contribution >= 0.6 is 23.2 Å². The minimum atomic E-state index is -0.304. The van der Waals surface area contributed by atoms with Crippen LogP contribution in [0.2, 0.25) is 10.0 Å². The highest BCUT2D eigenvalue weighted by molar-refractivity contribution is 6.36. The van der Waals surface area contributed by atoms with Crippen molar-refractivity contribution >= 4 is 34.8 Å². The Morgan fingerprint density at radius 3 is 2.54 bits per heavy atom. The molecule has 0 spiro atoms. The summed E-state index contributed by atoms with van der Waals surface area (Å²) in [6, 6.07) is 13.9. The van der Waals surface area contributed by atoms with Crippen molar-refractivity contribution in [3.63, 3.8) is 0 Å². The van der Waals surface area contributed by atoms with Gasteiger partial charge in [0, 0.05) is 17.3 Å². The van der Waals surface area contributed by atoms with E-state index in [9.17, 15) is 4.79 Å². The third-order valence-corrected chi connectivity index (χ3v) is 3.88. The quantitative estimate of drug-likeness (QED) is 0.730. The molecule has 0 aromatic heterocycles. The lowest BCUT2D eigenvalue weighted by Crippen LogP contribution is -2.32. The Balaban J connectivity index is 2.35. The Hall–Kier alpha value is -2.22. The predicted molar refractivity (Wildman–Crippen MR) is 96.0 cm³/mol. The minimum absolute atomic E-state index is 0.205. The number of nitrogens with zero attached hydrogens (tertiary/aromatic N) is 2. The molecule has 0 saturated heterocycles. The fourth-order valence-corrected chi connectivity index (χ4v) is 2.58. The van der Waals surface area contributed by atoms with Crippen LogP contribution in [-0.4, -0.2) is 19.1 Å². The molecule has 0 bridgehead atoms. The summed E-state index contributed by atoms with van der Waals surface area (Å²) < 4.78 is 5.41. The molecule has 124 valence electrons. The number of carbonyl (C=O) groups excluding carboxylic acids is 1. The number of hydrogen-bond donors (Lipinski definition) is 0. The van der Waals surface area contributed by atoms with Crippen molar-refractivity contribution in [3.8, 4) is 11.8 Å². The molecule has 0 atom stereocenters. The third kappa shape index (κ3) is 4.41. The van der Waals surface area contributed by atoms with Gasteiger partial charge in [-0.15, -0.1) is 0 Å². The molecule has 2 rings (SSSR count). The molecule has 0 fully saturated rings. The van der Waals surface area contributed by atoms with Crippen molar-refractivity contribution in [2.24, 2.45) is 0 Å². The van der Waals surface area contributed by atoms with Crippen LogP contribution in [0.5, 0.6) is 5.75 Å². The summed E-state index contributed by atoms with van der Waals surface area (Å²) in [5, 5.41) is 9.61. The van der Waals surface area contributed by atoms with Gasteiger partial charge in [0.15, 0.2) is 0 Å². The van der Waals surface area contributed by atoms with Crippen LogP contribution in [0, 0.1) is 11.3 Å². The lowest BCUT2D eigenvalue weighted by molar-refractivity contribution is 0.0987. The van der Waals surface area contributed by atoms with Crippen LogP contribution < -0.4 is 9.64 Å². The second-order valence-corrected chi connectivity index (χ2v) is 5.76. The zero-order valence-corrected chi connectivity index (χ0v) is 14.6. The number of carbonyl (C=O) groups is 1. The number of ether oxygens (including phenoxy) is 1. The van der Waals surface area contributed by atoms with Crippen molar-refractivity contribution in [1.82, 2.24) is 0 Å². The molecule has 6 heteroatoms. The molecule has 0 heterocycles. The minimum Gasteiger partial charge on any atom is -0.494 e. The Bertz CT molecular complexity index is 755. The molecular weight excluding hydrogens is 347 g/mol. The lowest BCUT2D eigenvalue weighted by Gasteiger charge is -2.22. The molecule has 0 saturated carbocycles. The predicted octanol–water partition coefficient (Wildman–Crippen LogP) is 4.95. The first-order chi connectivity index (χ1) is 11.6. The number of anilines is 1. The maximum absolute atomic E-state index is 12.9. The van der Waals surface area contributed by atoms with Gasteiger partial charge in [-0.2, -0.15) is 5.26 Å². The first-order valence-electron chi connectivity index (χ1n) is 7.43. The molecule has 0 aliphatic carbocycles. The molecule has 0 unspecified atom stereocenters. The highest BCUT2D eigenvalue weighted by atomic mass is 35.5. The number of benzene rings is 2. The zero-order chi connectivity index (χ0) is 17.5. The Labute approximate surface area is 151 Å². The highest BCUT2D eigenvalue weighted by Crippen LogP contribution is 2.26. The van der Waals surface area contributed by atoms with Gasteiger partial charge in [0.05, 0.1) is 29.7 Å². The van der Waals surface area contributed by atoms with E-state index < -0.39 is 0 Å². The topological polar surface area (TPSA) is 53.3 Å². The molecule has 0 radical (unpaired) electrons. The first kappa shape index (κ1) is 18.1. The fraction of sp³-hybridized carbons (Fsp3) is 0.222. The number of amides is 1. The number of hydrogen-bond acceptors (Lipinski definition) is 3. The molecule has 1 amide bonds. The van der Waals surface area contributed by atoms with E-state index in [4.69, 9.17) is 33.2 Å². The molecule has 24 heavy (non-hydrogen) atoms. The van der Waals surface area contributed by atoms with Crippen molar-refractivity contribution in [1.29, 1.82) is 5.26 Å². The van der Waals surface area contributed by atoms with E-state index in [1.165, 1.54) is 11.0 Å². The van der Waals surface area contributed by atoms with E-state index >= 15 is 0 Å². The summed E-state index contributed by atoms with van der Waals surface area (Å²) in [4.78, 5) is 14.4. The second kappa shape index (κ2) is 8.58. The number of rotatable bonds is 6. The van der Waals surface area contributed by atoms with Gasteiger partial charge in [-0.3, -0.25) is 4.79 Å². The first-order valence-corrected chi connectivity index (χ1v) is 8.19. The van der Waals surface area contributed by atoms with E-state index in [0.29, 0.717) is 27.9 Å². The van der Waals surface area contributed by atoms with Gasteiger partial charge in [0.2, 0.25) is 0 Å². The number of nitriles is 1. The van der Waals surface area contributed by atoms with E-state index in [0.717, 1.165) is 5.75 Å². The summed E-state index contributed by atoms with van der Waals surface area (Å²) in [6.07, 6.45) is 0.205. The Kier molecular flexibility index (Phi) is 6.48. The van der Waals surface area contributed by atoms with Gasteiger partial charge in [-0.25, -0.2) is 0 Å². The largest absolute Gasteiger partial charge is 0.494 e. The van der Waals surface area contributed by atoms with Gasteiger partial charge < -0.3 is 9.64 Å². The van der Waals surface area contributed by atoms with Crippen LogP contribution in [0.25, 0.3) is 0 Å². The van der Waals surface area contributed by atoms with Gasteiger partial charge in [-0.1, -0.05) is 23.2 Å². The normalized spacial score (nSPS) is 10.1. The maximum atomic E-state index is 12.9. The molecule has 2 aromatic carbocycles. The van der Waals surface area contributed by atoms with Gasteiger partial charge >= 0.3 is 0 Å². The summed E-state index contributed by atoms with van der Waals surface area (Å²) in [7, 11) is 0. The maximum Gasteiger partial charge on any atom is 0.259 e. The summed E-state index contributed by atoms with van der Waals surface area (Å²) in [6.45, 7) is 2.72. The van der Waals surface area contributed by atoms with Gasteiger partial charge in [0.1, 0.15) is 5.75 Å².